The number of rotatable bonds is 8. The Balaban J connectivity index is 1.62. The van der Waals surface area contributed by atoms with Crippen LogP contribution in [0.3, 0.4) is 0 Å². The summed E-state index contributed by atoms with van der Waals surface area (Å²) >= 11 is 7.87. The zero-order valence-corrected chi connectivity index (χ0v) is 18.5. The van der Waals surface area contributed by atoms with Crippen LogP contribution in [-0.4, -0.2) is 27.7 Å². The number of carboxylic acid groups (broad SMARTS) is 1. The second-order valence-electron chi connectivity index (χ2n) is 7.77. The van der Waals surface area contributed by atoms with E-state index in [0.29, 0.717) is 11.3 Å². The quantitative estimate of drug-likeness (QED) is 0.320. The number of alkyl halides is 1. The van der Waals surface area contributed by atoms with Crippen LogP contribution in [0.15, 0.2) is 49.1 Å². The summed E-state index contributed by atoms with van der Waals surface area (Å²) < 4.78 is 0. The first-order chi connectivity index (χ1) is 14.5. The second-order valence-corrected chi connectivity index (χ2v) is 9.50. The third kappa shape index (κ3) is 5.98. The number of hydrogen-bond donors (Lipinski definition) is 2. The molecule has 2 N–H and O–H groups in total. The number of carboxylic acids is 1. The molecule has 30 heavy (non-hydrogen) atoms. The third-order valence-corrected chi connectivity index (χ3v) is 7.22. The number of carbonyl (C=O) groups is 1. The molecule has 1 aliphatic rings. The summed E-state index contributed by atoms with van der Waals surface area (Å²) in [5.74, 6) is 5.67. The maximum atomic E-state index is 11.0. The lowest BCUT2D eigenvalue weighted by Gasteiger charge is -2.18. The van der Waals surface area contributed by atoms with Crippen LogP contribution < -0.4 is 0 Å². The van der Waals surface area contributed by atoms with Crippen molar-refractivity contribution in [3.63, 3.8) is 0 Å². The van der Waals surface area contributed by atoms with Crippen LogP contribution in [-0.2, 0) is 12.8 Å². The summed E-state index contributed by atoms with van der Waals surface area (Å²) in [7, 11) is 0. The van der Waals surface area contributed by atoms with Gasteiger partial charge in [0.2, 0.25) is 0 Å². The number of halogens is 1. The van der Waals surface area contributed by atoms with Gasteiger partial charge < -0.3 is 10.2 Å². The van der Waals surface area contributed by atoms with Crippen LogP contribution in [0.2, 0.25) is 0 Å². The van der Waals surface area contributed by atoms with Crippen molar-refractivity contribution < 1.29 is 15.0 Å². The van der Waals surface area contributed by atoms with E-state index in [1.165, 1.54) is 16.9 Å². The van der Waals surface area contributed by atoms with Gasteiger partial charge in [-0.3, -0.25) is 0 Å². The molecule has 1 aromatic carbocycles. The van der Waals surface area contributed by atoms with Gasteiger partial charge in [-0.25, -0.2) is 4.79 Å². The zero-order chi connectivity index (χ0) is 21.5. The SMILES string of the molecule is C=CCCc1cccc(C#C[C@H]2C(O)C[C@@H](Cl)C2CCCc2ccc(C(=O)O)s2)c1. The van der Waals surface area contributed by atoms with Crippen molar-refractivity contribution in [1.29, 1.82) is 0 Å². The van der Waals surface area contributed by atoms with Crippen LogP contribution in [0.1, 0.15) is 51.4 Å². The molecule has 158 valence electrons. The molecule has 1 aliphatic carbocycles. The largest absolute Gasteiger partial charge is 0.477 e. The van der Waals surface area contributed by atoms with Gasteiger partial charge in [-0.1, -0.05) is 30.0 Å². The van der Waals surface area contributed by atoms with E-state index in [2.05, 4.69) is 30.6 Å². The van der Waals surface area contributed by atoms with E-state index in [1.807, 2.05) is 24.3 Å². The van der Waals surface area contributed by atoms with Crippen LogP contribution >= 0.6 is 22.9 Å². The minimum absolute atomic E-state index is 0.0869. The van der Waals surface area contributed by atoms with Crippen LogP contribution in [0.25, 0.3) is 0 Å². The Bertz CT molecular complexity index is 939. The summed E-state index contributed by atoms with van der Waals surface area (Å²) in [5, 5.41) is 19.5. The van der Waals surface area contributed by atoms with Crippen molar-refractivity contribution >= 4 is 28.9 Å². The predicted octanol–water partition coefficient (Wildman–Crippen LogP) is 5.54. The Morgan fingerprint density at radius 1 is 1.30 bits per heavy atom. The average Bonchev–Trinajstić information content (AvgIpc) is 3.30. The number of benzene rings is 1. The standard InChI is InChI=1S/C25H27ClO3S/c1-2-3-6-17-7-4-8-18(15-17)11-13-21-20(22(26)16-23(21)27)10-5-9-19-12-14-24(30-19)25(28)29/h2,4,7-8,12,14-15,20-23,27H,1,3,5-6,9-10,16H2,(H,28,29)/t20?,21-,22-,23?/m1/s1. The van der Waals surface area contributed by atoms with Crippen molar-refractivity contribution in [2.45, 2.75) is 50.0 Å². The van der Waals surface area contributed by atoms with E-state index in [4.69, 9.17) is 16.7 Å². The van der Waals surface area contributed by atoms with Gasteiger partial charge in [-0.05, 0) is 74.3 Å². The van der Waals surface area contributed by atoms with Crippen LogP contribution in [0.4, 0.5) is 0 Å². The summed E-state index contributed by atoms with van der Waals surface area (Å²) in [6, 6.07) is 11.7. The van der Waals surface area contributed by atoms with E-state index in [-0.39, 0.29) is 17.2 Å². The molecule has 2 aromatic rings. The van der Waals surface area contributed by atoms with Crippen LogP contribution in [0, 0.1) is 23.7 Å². The fourth-order valence-corrected chi connectivity index (χ4v) is 5.36. The highest BCUT2D eigenvalue weighted by Gasteiger charge is 2.40. The molecule has 0 saturated heterocycles. The molecule has 1 heterocycles. The van der Waals surface area contributed by atoms with E-state index in [9.17, 15) is 9.90 Å². The number of thiophene rings is 1. The highest BCUT2D eigenvalue weighted by atomic mass is 35.5. The lowest BCUT2D eigenvalue weighted by molar-refractivity contribution is 0.0702. The van der Waals surface area contributed by atoms with Gasteiger partial charge >= 0.3 is 5.97 Å². The molecule has 5 heteroatoms. The molecular weight excluding hydrogens is 416 g/mol. The molecule has 0 radical (unpaired) electrons. The summed E-state index contributed by atoms with van der Waals surface area (Å²) in [6.45, 7) is 3.77. The Labute approximate surface area is 187 Å². The molecule has 2 unspecified atom stereocenters. The molecular formula is C25H27ClO3S. The minimum Gasteiger partial charge on any atom is -0.477 e. The lowest BCUT2D eigenvalue weighted by atomic mass is 9.90. The Morgan fingerprint density at radius 2 is 2.13 bits per heavy atom. The second kappa shape index (κ2) is 10.8. The van der Waals surface area contributed by atoms with Crippen molar-refractivity contribution in [3.8, 4) is 11.8 Å². The van der Waals surface area contributed by atoms with E-state index in [0.717, 1.165) is 42.5 Å². The normalized spacial score (nSPS) is 23.0. The molecule has 3 nitrogen and oxygen atoms in total. The fraction of sp³-hybridized carbons (Fsp3) is 0.400. The topological polar surface area (TPSA) is 57.5 Å². The van der Waals surface area contributed by atoms with Gasteiger partial charge in [0.05, 0.1) is 12.0 Å². The first-order valence-corrected chi connectivity index (χ1v) is 11.6. The Kier molecular flexibility index (Phi) is 8.16. The molecule has 0 spiro atoms. The number of aromatic carboxylic acids is 1. The molecule has 0 amide bonds. The number of allylic oxidation sites excluding steroid dienone is 1. The van der Waals surface area contributed by atoms with E-state index >= 15 is 0 Å². The average molecular weight is 443 g/mol. The highest BCUT2D eigenvalue weighted by molar-refractivity contribution is 7.13. The minimum atomic E-state index is -0.880. The molecule has 3 rings (SSSR count). The first kappa shape index (κ1) is 22.6. The molecule has 1 saturated carbocycles. The molecule has 1 aromatic heterocycles. The van der Waals surface area contributed by atoms with Crippen LogP contribution in [0.5, 0.6) is 0 Å². The van der Waals surface area contributed by atoms with Crippen molar-refractivity contribution in [2.24, 2.45) is 11.8 Å². The third-order valence-electron chi connectivity index (χ3n) is 5.59. The fourth-order valence-electron chi connectivity index (χ4n) is 4.01. The maximum absolute atomic E-state index is 11.0. The predicted molar refractivity (Wildman–Crippen MR) is 123 cm³/mol. The zero-order valence-electron chi connectivity index (χ0n) is 16.9. The Morgan fingerprint density at radius 3 is 2.87 bits per heavy atom. The van der Waals surface area contributed by atoms with Gasteiger partial charge in [0, 0.05) is 15.8 Å². The van der Waals surface area contributed by atoms with Gasteiger partial charge in [-0.2, -0.15) is 0 Å². The molecule has 1 fully saturated rings. The van der Waals surface area contributed by atoms with Gasteiger partial charge in [0.15, 0.2) is 0 Å². The molecule has 4 atom stereocenters. The summed E-state index contributed by atoms with van der Waals surface area (Å²) in [4.78, 5) is 12.5. The summed E-state index contributed by atoms with van der Waals surface area (Å²) in [6.07, 6.45) is 6.44. The number of aryl methyl sites for hydroxylation is 2. The first-order valence-electron chi connectivity index (χ1n) is 10.3. The number of aliphatic hydroxyl groups is 1. The van der Waals surface area contributed by atoms with Gasteiger partial charge in [0.1, 0.15) is 4.88 Å². The van der Waals surface area contributed by atoms with E-state index in [1.54, 1.807) is 6.07 Å². The lowest BCUT2D eigenvalue weighted by Crippen LogP contribution is -2.19. The summed E-state index contributed by atoms with van der Waals surface area (Å²) in [5.41, 5.74) is 2.19. The monoisotopic (exact) mass is 442 g/mol. The number of hydrogen-bond acceptors (Lipinski definition) is 3. The molecule has 0 bridgehead atoms. The van der Waals surface area contributed by atoms with Crippen molar-refractivity contribution in [3.05, 3.63) is 69.9 Å². The van der Waals surface area contributed by atoms with Crippen molar-refractivity contribution in [1.82, 2.24) is 0 Å². The van der Waals surface area contributed by atoms with Gasteiger partial charge in [0.25, 0.3) is 0 Å². The maximum Gasteiger partial charge on any atom is 0.345 e. The van der Waals surface area contributed by atoms with Crippen molar-refractivity contribution in [2.75, 3.05) is 0 Å². The van der Waals surface area contributed by atoms with Gasteiger partial charge in [-0.15, -0.1) is 29.5 Å². The molecule has 0 aliphatic heterocycles. The van der Waals surface area contributed by atoms with E-state index < -0.39 is 12.1 Å². The number of aliphatic hydroxyl groups excluding tert-OH is 1. The Hall–Kier alpha value is -2.06. The highest BCUT2D eigenvalue weighted by Crippen LogP contribution is 2.39. The smallest absolute Gasteiger partial charge is 0.345 e.